The summed E-state index contributed by atoms with van der Waals surface area (Å²) in [7, 11) is 0. The Kier molecular flexibility index (Phi) is 5.37. The molecule has 0 aliphatic rings. The Morgan fingerprint density at radius 2 is 1.61 bits per heavy atom. The van der Waals surface area contributed by atoms with Crippen LogP contribution in [0.3, 0.4) is 0 Å². The molecule has 0 fully saturated rings. The molecule has 0 radical (unpaired) electrons. The van der Waals surface area contributed by atoms with E-state index in [1.165, 1.54) is 17.3 Å². The maximum Gasteiger partial charge on any atom is 0.237 e. The molecule has 3 nitrogen and oxygen atoms in total. The maximum atomic E-state index is 12.3. The molecule has 0 saturated heterocycles. The monoisotopic (exact) mass is 329 g/mol. The van der Waals surface area contributed by atoms with Crippen LogP contribution in [0, 0.1) is 0 Å². The van der Waals surface area contributed by atoms with Crippen molar-refractivity contribution in [1.82, 2.24) is 0 Å². The minimum absolute atomic E-state index is 0.0356. The molecule has 0 aromatic heterocycles. The molecule has 0 aliphatic carbocycles. The summed E-state index contributed by atoms with van der Waals surface area (Å²) < 4.78 is 0. The average molecular weight is 329 g/mol. The van der Waals surface area contributed by atoms with Gasteiger partial charge in [-0.15, -0.1) is 11.8 Å². The molecule has 23 heavy (non-hydrogen) atoms. The number of rotatable bonds is 4. The van der Waals surface area contributed by atoms with Gasteiger partial charge in [-0.05, 0) is 54.3 Å². The summed E-state index contributed by atoms with van der Waals surface area (Å²) in [6.45, 7) is 8.36. The molecule has 1 unspecified atom stereocenters. The number of thioether (sulfide) groups is 1. The molecule has 122 valence electrons. The molecule has 4 heteroatoms. The van der Waals surface area contributed by atoms with Crippen molar-refractivity contribution in [2.75, 3.05) is 5.32 Å². The summed E-state index contributed by atoms with van der Waals surface area (Å²) in [5, 5.41) is 12.0. The smallest absolute Gasteiger partial charge is 0.237 e. The summed E-state index contributed by atoms with van der Waals surface area (Å²) in [5.41, 5.74) is 2.15. The summed E-state index contributed by atoms with van der Waals surface area (Å²) in [6.07, 6.45) is 0. The van der Waals surface area contributed by atoms with Crippen LogP contribution in [0.25, 0.3) is 0 Å². The molecule has 2 aromatic rings. The average Bonchev–Trinajstić information content (AvgIpc) is 2.49. The second kappa shape index (κ2) is 7.09. The highest BCUT2D eigenvalue weighted by molar-refractivity contribution is 8.00. The highest BCUT2D eigenvalue weighted by atomic mass is 32.2. The van der Waals surface area contributed by atoms with Crippen LogP contribution in [0.4, 0.5) is 5.69 Å². The number of carbonyl (C=O) groups excluding carboxylic acids is 1. The van der Waals surface area contributed by atoms with E-state index in [1.54, 1.807) is 12.1 Å². The highest BCUT2D eigenvalue weighted by Gasteiger charge is 2.16. The van der Waals surface area contributed by atoms with Crippen LogP contribution in [0.2, 0.25) is 0 Å². The van der Waals surface area contributed by atoms with Crippen molar-refractivity contribution < 1.29 is 9.90 Å². The maximum absolute atomic E-state index is 12.3. The third kappa shape index (κ3) is 5.03. The zero-order valence-corrected chi connectivity index (χ0v) is 14.8. The molecule has 2 aromatic carbocycles. The number of hydrogen-bond donors (Lipinski definition) is 2. The van der Waals surface area contributed by atoms with E-state index in [0.29, 0.717) is 0 Å². The molecule has 1 amide bonds. The first-order valence-electron chi connectivity index (χ1n) is 7.63. The number of amides is 1. The second-order valence-corrected chi connectivity index (χ2v) is 7.98. The van der Waals surface area contributed by atoms with Gasteiger partial charge in [0.15, 0.2) is 0 Å². The molecule has 2 N–H and O–H groups in total. The Balaban J connectivity index is 1.96. The van der Waals surface area contributed by atoms with Gasteiger partial charge in [0.1, 0.15) is 5.75 Å². The Hall–Kier alpha value is -1.94. The number of hydrogen-bond acceptors (Lipinski definition) is 3. The van der Waals surface area contributed by atoms with Crippen molar-refractivity contribution in [1.29, 1.82) is 0 Å². The van der Waals surface area contributed by atoms with Crippen molar-refractivity contribution in [3.8, 4) is 5.75 Å². The Morgan fingerprint density at radius 3 is 2.13 bits per heavy atom. The standard InChI is InChI=1S/C19H23NO2S/c1-13(23-17-11-9-16(21)10-12-17)18(22)20-15-7-5-14(6-8-15)19(2,3)4/h5-13,21H,1-4H3,(H,20,22). The fourth-order valence-electron chi connectivity index (χ4n) is 2.08. The van der Waals surface area contributed by atoms with Gasteiger partial charge >= 0.3 is 0 Å². The Labute approximate surface area is 142 Å². The first-order chi connectivity index (χ1) is 10.8. The molecule has 0 saturated carbocycles. The van der Waals surface area contributed by atoms with Gasteiger partial charge in [0.2, 0.25) is 5.91 Å². The van der Waals surface area contributed by atoms with E-state index in [9.17, 15) is 9.90 Å². The van der Waals surface area contributed by atoms with E-state index in [4.69, 9.17) is 0 Å². The minimum atomic E-state index is -0.221. The van der Waals surface area contributed by atoms with E-state index in [-0.39, 0.29) is 22.3 Å². The molecular weight excluding hydrogens is 306 g/mol. The third-order valence-electron chi connectivity index (χ3n) is 3.54. The first-order valence-corrected chi connectivity index (χ1v) is 8.51. The van der Waals surface area contributed by atoms with E-state index in [2.05, 4.69) is 26.1 Å². The zero-order valence-electron chi connectivity index (χ0n) is 14.0. The van der Waals surface area contributed by atoms with Crippen LogP contribution in [0.1, 0.15) is 33.3 Å². The summed E-state index contributed by atoms with van der Waals surface area (Å²) in [6, 6.07) is 14.8. The lowest BCUT2D eigenvalue weighted by molar-refractivity contribution is -0.115. The normalized spacial score (nSPS) is 12.7. The van der Waals surface area contributed by atoms with Gasteiger partial charge in [-0.2, -0.15) is 0 Å². The third-order valence-corrected chi connectivity index (χ3v) is 4.65. The molecule has 1 atom stereocenters. The van der Waals surface area contributed by atoms with Gasteiger partial charge in [-0.25, -0.2) is 0 Å². The van der Waals surface area contributed by atoms with Crippen molar-refractivity contribution in [3.63, 3.8) is 0 Å². The van der Waals surface area contributed by atoms with Crippen molar-refractivity contribution in [2.24, 2.45) is 0 Å². The van der Waals surface area contributed by atoms with Crippen molar-refractivity contribution in [2.45, 2.75) is 43.3 Å². The number of carbonyl (C=O) groups is 1. The number of aromatic hydroxyl groups is 1. The van der Waals surface area contributed by atoms with E-state index in [0.717, 1.165) is 10.6 Å². The van der Waals surface area contributed by atoms with Crippen LogP contribution in [0.5, 0.6) is 5.75 Å². The van der Waals surface area contributed by atoms with Crippen molar-refractivity contribution in [3.05, 3.63) is 54.1 Å². The quantitative estimate of drug-likeness (QED) is 0.792. The summed E-state index contributed by atoms with van der Waals surface area (Å²) >= 11 is 1.46. The fraction of sp³-hybridized carbons (Fsp3) is 0.316. The topological polar surface area (TPSA) is 49.3 Å². The number of nitrogens with one attached hydrogen (secondary N) is 1. The van der Waals surface area contributed by atoms with Gasteiger partial charge in [0.25, 0.3) is 0 Å². The predicted molar refractivity (Wildman–Crippen MR) is 97.2 cm³/mol. The lowest BCUT2D eigenvalue weighted by atomic mass is 9.87. The lowest BCUT2D eigenvalue weighted by Gasteiger charge is -2.19. The first kappa shape index (κ1) is 17.4. The summed E-state index contributed by atoms with van der Waals surface area (Å²) in [4.78, 5) is 13.2. The molecule has 0 heterocycles. The zero-order chi connectivity index (χ0) is 17.0. The van der Waals surface area contributed by atoms with Crippen LogP contribution in [-0.2, 0) is 10.2 Å². The number of anilines is 1. The predicted octanol–water partition coefficient (Wildman–Crippen LogP) is 4.81. The number of benzene rings is 2. The van der Waals surface area contributed by atoms with Crippen LogP contribution in [-0.4, -0.2) is 16.3 Å². The van der Waals surface area contributed by atoms with Gasteiger partial charge in [0.05, 0.1) is 5.25 Å². The highest BCUT2D eigenvalue weighted by Crippen LogP contribution is 2.27. The second-order valence-electron chi connectivity index (χ2n) is 6.57. The molecule has 2 rings (SSSR count). The van der Waals surface area contributed by atoms with Crippen LogP contribution >= 0.6 is 11.8 Å². The lowest BCUT2D eigenvalue weighted by Crippen LogP contribution is -2.22. The van der Waals surface area contributed by atoms with Gasteiger partial charge in [0, 0.05) is 10.6 Å². The van der Waals surface area contributed by atoms with Crippen LogP contribution < -0.4 is 5.32 Å². The summed E-state index contributed by atoms with van der Waals surface area (Å²) in [5.74, 6) is 0.192. The SMILES string of the molecule is CC(Sc1ccc(O)cc1)C(=O)Nc1ccc(C(C)(C)C)cc1. The van der Waals surface area contributed by atoms with E-state index in [1.807, 2.05) is 43.3 Å². The van der Waals surface area contributed by atoms with E-state index < -0.39 is 0 Å². The number of phenolic OH excluding ortho intramolecular Hbond substituents is 1. The molecule has 0 bridgehead atoms. The Bertz CT molecular complexity index is 657. The molecule has 0 spiro atoms. The van der Waals surface area contributed by atoms with Gasteiger partial charge < -0.3 is 10.4 Å². The van der Waals surface area contributed by atoms with E-state index >= 15 is 0 Å². The minimum Gasteiger partial charge on any atom is -0.508 e. The van der Waals surface area contributed by atoms with Gasteiger partial charge in [-0.3, -0.25) is 4.79 Å². The van der Waals surface area contributed by atoms with Crippen LogP contribution in [0.15, 0.2) is 53.4 Å². The number of phenols is 1. The fourth-order valence-corrected chi connectivity index (χ4v) is 2.95. The molecule has 0 aliphatic heterocycles. The van der Waals surface area contributed by atoms with Gasteiger partial charge in [-0.1, -0.05) is 32.9 Å². The largest absolute Gasteiger partial charge is 0.508 e. The molecular formula is C19H23NO2S. The van der Waals surface area contributed by atoms with Crippen molar-refractivity contribution >= 4 is 23.4 Å². The Morgan fingerprint density at radius 1 is 1.04 bits per heavy atom.